The molecule has 6 aromatic carbocycles. The highest BCUT2D eigenvalue weighted by atomic mass is 35.5. The SMILES string of the molecule is CC1CN(C(=O)c2ccc(C(=O)Nc3ccc(Cl)c(-c4ccccn4)c3)c(Cl)c2)CC(C)N1.O=C(NCc1ccccn1)c1ccc(C(=O)Nc2ccc(Cl)c(-c3ccccn3)c2)c(Cl)c1.O=C(NCc1cccnc1)c1ccc(C(=O)Nc2ccc(Cl)c(-c3ccccn3)c2)c(Cl)c1. The monoisotopic (exact) mass is 1430 g/mol. The van der Waals surface area contributed by atoms with Crippen molar-refractivity contribution in [3.05, 3.63) is 306 Å². The average Bonchev–Trinajstić information content (AvgIpc) is 0.934. The Hall–Kier alpha value is -10.4. The average molecular weight is 1440 g/mol. The molecule has 18 nitrogen and oxygen atoms in total. The highest BCUT2D eigenvalue weighted by molar-refractivity contribution is 6.37. The van der Waals surface area contributed by atoms with Crippen molar-refractivity contribution in [1.82, 2.24) is 45.8 Å². The van der Waals surface area contributed by atoms with E-state index in [0.29, 0.717) is 102 Å². The van der Waals surface area contributed by atoms with Crippen molar-refractivity contribution >= 4 is 122 Å². The van der Waals surface area contributed by atoms with E-state index in [1.54, 1.807) is 134 Å². The van der Waals surface area contributed by atoms with Gasteiger partial charge in [0.25, 0.3) is 35.4 Å². The molecule has 6 amide bonds. The first-order valence-corrected chi connectivity index (χ1v) is 33.0. The molecule has 0 spiro atoms. The fourth-order valence-electron chi connectivity index (χ4n) is 10.3. The Morgan fingerprint density at radius 3 is 1.17 bits per heavy atom. The van der Waals surface area contributed by atoms with Crippen LogP contribution in [0.2, 0.25) is 30.1 Å². The van der Waals surface area contributed by atoms with E-state index in [1.807, 2.05) is 91.5 Å². The van der Waals surface area contributed by atoms with Gasteiger partial charge in [0.1, 0.15) is 0 Å². The maximum atomic E-state index is 12.9. The number of benzene rings is 6. The van der Waals surface area contributed by atoms with Crippen molar-refractivity contribution < 1.29 is 28.8 Å². The summed E-state index contributed by atoms with van der Waals surface area (Å²) in [6.45, 7) is 5.96. The Bertz CT molecular complexity index is 4510. The fraction of sp³-hybridized carbons (Fsp3) is 0.107. The standard InChI is InChI=1S/C25H24Cl2N4O2.2C25H18Cl2N4O2/c1-15-13-31(14-16(2)29-15)25(33)17-6-8-19(22(27)11-17)24(32)30-18-7-9-21(26)20(12-18)23-5-3-4-10-28-23;26-21-10-8-17(14-20(21)23-6-2-4-12-29-23)31-25(33)19-9-7-16(13-22(19)27)24(32)30-15-18-5-1-3-11-28-18;26-21-9-7-18(13-20(21)23-5-1-2-11-29-23)31-25(33)19-8-6-17(12-22(19)27)24(32)30-15-16-4-3-10-28-14-16/h3-12,15-16,29H,13-14H2,1-2H3,(H,30,32);2*1-14H,15H2,(H,30,32)(H,31,33). The lowest BCUT2D eigenvalue weighted by molar-refractivity contribution is 0.0673. The van der Waals surface area contributed by atoms with Crippen molar-refractivity contribution in [2.24, 2.45) is 0 Å². The number of aromatic nitrogens is 5. The van der Waals surface area contributed by atoms with Crippen LogP contribution in [0.4, 0.5) is 17.1 Å². The second-order valence-electron chi connectivity index (χ2n) is 22.4. The van der Waals surface area contributed by atoms with Gasteiger partial charge in [0, 0.05) is 119 Å². The quantitative estimate of drug-likeness (QED) is 0.0529. The lowest BCUT2D eigenvalue weighted by Gasteiger charge is -2.36. The third kappa shape index (κ3) is 19.5. The minimum Gasteiger partial charge on any atom is -0.348 e. The molecule has 6 N–H and O–H groups in total. The van der Waals surface area contributed by atoms with E-state index in [9.17, 15) is 28.8 Å². The third-order valence-corrected chi connectivity index (χ3v) is 17.0. The summed E-state index contributed by atoms with van der Waals surface area (Å²) < 4.78 is 0. The topological polar surface area (TPSA) is 242 Å². The Labute approximate surface area is 600 Å². The van der Waals surface area contributed by atoms with Crippen LogP contribution < -0.4 is 31.9 Å². The van der Waals surface area contributed by atoms with Crippen molar-refractivity contribution in [2.75, 3.05) is 29.0 Å². The van der Waals surface area contributed by atoms with Crippen LogP contribution in [0, 0.1) is 0 Å². The van der Waals surface area contributed by atoms with Crippen LogP contribution in [-0.2, 0) is 13.1 Å². The number of rotatable bonds is 16. The van der Waals surface area contributed by atoms with Crippen molar-refractivity contribution in [1.29, 1.82) is 0 Å². The summed E-state index contributed by atoms with van der Waals surface area (Å²) in [4.78, 5) is 99.2. The number of anilines is 3. The zero-order valence-corrected chi connectivity index (χ0v) is 57.4. The molecule has 5 aromatic heterocycles. The molecule has 1 aliphatic rings. The molecule has 24 heteroatoms. The number of carbonyl (C=O) groups excluding carboxylic acids is 6. The largest absolute Gasteiger partial charge is 0.348 e. The number of nitrogens with one attached hydrogen (secondary N) is 6. The maximum Gasteiger partial charge on any atom is 0.257 e. The van der Waals surface area contributed by atoms with Gasteiger partial charge >= 0.3 is 0 Å². The first kappa shape index (κ1) is 71.4. The van der Waals surface area contributed by atoms with Crippen LogP contribution in [0.15, 0.2) is 231 Å². The molecule has 0 saturated carbocycles. The molecule has 1 saturated heterocycles. The molecule has 2 unspecified atom stereocenters. The number of amides is 6. The molecule has 0 bridgehead atoms. The van der Waals surface area contributed by atoms with Gasteiger partial charge in [0.2, 0.25) is 0 Å². The van der Waals surface area contributed by atoms with Crippen molar-refractivity contribution in [3.63, 3.8) is 0 Å². The zero-order valence-electron chi connectivity index (χ0n) is 52.8. The number of piperazine rings is 1. The number of nitrogens with zero attached hydrogens (tertiary/aromatic N) is 6. The molecule has 2 atom stereocenters. The lowest BCUT2D eigenvalue weighted by atomic mass is 10.1. The molecule has 1 fully saturated rings. The van der Waals surface area contributed by atoms with Gasteiger partial charge in [-0.15, -0.1) is 0 Å². The van der Waals surface area contributed by atoms with E-state index in [0.717, 1.165) is 11.3 Å². The number of hydrogen-bond donors (Lipinski definition) is 6. The maximum absolute atomic E-state index is 12.9. The van der Waals surface area contributed by atoms with Crippen LogP contribution >= 0.6 is 69.6 Å². The van der Waals surface area contributed by atoms with Crippen LogP contribution in [0.5, 0.6) is 0 Å². The van der Waals surface area contributed by atoms with Crippen LogP contribution in [-0.4, -0.2) is 90.4 Å². The zero-order chi connectivity index (χ0) is 70.0. The lowest BCUT2D eigenvalue weighted by Crippen LogP contribution is -2.55. The van der Waals surface area contributed by atoms with Gasteiger partial charge < -0.3 is 36.8 Å². The van der Waals surface area contributed by atoms with E-state index in [2.05, 4.69) is 56.8 Å². The molecule has 0 aliphatic carbocycles. The van der Waals surface area contributed by atoms with Crippen LogP contribution in [0.25, 0.3) is 33.8 Å². The molecule has 0 radical (unpaired) electrons. The van der Waals surface area contributed by atoms with Crippen molar-refractivity contribution in [2.45, 2.75) is 39.0 Å². The number of carbonyl (C=O) groups is 6. The van der Waals surface area contributed by atoms with E-state index >= 15 is 0 Å². The van der Waals surface area contributed by atoms with Gasteiger partial charge in [-0.1, -0.05) is 99.9 Å². The number of halogens is 6. The minimum atomic E-state index is -0.408. The summed E-state index contributed by atoms with van der Waals surface area (Å²) in [6.07, 6.45) is 10.0. The van der Waals surface area contributed by atoms with Gasteiger partial charge in [-0.2, -0.15) is 0 Å². The predicted octanol–water partition coefficient (Wildman–Crippen LogP) is 16.4. The van der Waals surface area contributed by atoms with E-state index in [1.165, 1.54) is 24.3 Å². The summed E-state index contributed by atoms with van der Waals surface area (Å²) in [6, 6.07) is 55.4. The Morgan fingerprint density at radius 2 is 0.798 bits per heavy atom. The van der Waals surface area contributed by atoms with Gasteiger partial charge in [-0.05, 0) is 183 Å². The highest BCUT2D eigenvalue weighted by Crippen LogP contribution is 2.34. The predicted molar refractivity (Wildman–Crippen MR) is 391 cm³/mol. The summed E-state index contributed by atoms with van der Waals surface area (Å²) in [5.41, 5.74) is 9.37. The Morgan fingerprint density at radius 1 is 0.404 bits per heavy atom. The number of hydrogen-bond acceptors (Lipinski definition) is 12. The summed E-state index contributed by atoms with van der Waals surface area (Å²) >= 11 is 38.0. The first-order chi connectivity index (χ1) is 47.8. The van der Waals surface area contributed by atoms with Gasteiger partial charge in [-0.25, -0.2) is 0 Å². The molecule has 498 valence electrons. The van der Waals surface area contributed by atoms with Gasteiger partial charge in [0.15, 0.2) is 0 Å². The minimum absolute atomic E-state index is 0.0956. The van der Waals surface area contributed by atoms with E-state index < -0.39 is 11.8 Å². The second kappa shape index (κ2) is 34.2. The molecule has 99 heavy (non-hydrogen) atoms. The summed E-state index contributed by atoms with van der Waals surface area (Å²) in [5, 5.41) is 19.6. The summed E-state index contributed by atoms with van der Waals surface area (Å²) in [7, 11) is 0. The summed E-state index contributed by atoms with van der Waals surface area (Å²) in [5.74, 6) is -1.90. The van der Waals surface area contributed by atoms with Crippen LogP contribution in [0.3, 0.4) is 0 Å². The molecule has 11 aromatic rings. The smallest absolute Gasteiger partial charge is 0.257 e. The van der Waals surface area contributed by atoms with Crippen LogP contribution in [0.1, 0.15) is 87.3 Å². The Kier molecular flexibility index (Phi) is 24.6. The molecule has 1 aliphatic heterocycles. The fourth-order valence-corrected chi connectivity index (χ4v) is 11.8. The first-order valence-electron chi connectivity index (χ1n) is 30.7. The molecule has 12 rings (SSSR count). The molecular weight excluding hydrogens is 1380 g/mol. The van der Waals surface area contributed by atoms with Crippen molar-refractivity contribution in [3.8, 4) is 33.8 Å². The highest BCUT2D eigenvalue weighted by Gasteiger charge is 2.27. The third-order valence-electron chi connectivity index (χ3n) is 15.1. The van der Waals surface area contributed by atoms with Gasteiger partial charge in [0.05, 0.1) is 76.1 Å². The van der Waals surface area contributed by atoms with Gasteiger partial charge in [-0.3, -0.25) is 53.7 Å². The normalized spacial score (nSPS) is 13.0. The molecule has 6 heterocycles. The van der Waals surface area contributed by atoms with E-state index in [-0.39, 0.29) is 74.0 Å². The molecular formula is C75H60Cl6N12O6. The second-order valence-corrected chi connectivity index (χ2v) is 24.8. The number of pyridine rings is 5. The van der Waals surface area contributed by atoms with E-state index in [4.69, 9.17) is 69.6 Å². The Balaban J connectivity index is 0.000000161.